The summed E-state index contributed by atoms with van der Waals surface area (Å²) in [4.78, 5) is 7.07. The van der Waals surface area contributed by atoms with Crippen LogP contribution in [0.1, 0.15) is 5.56 Å². The minimum atomic E-state index is 1.03. The summed E-state index contributed by atoms with van der Waals surface area (Å²) in [5, 5.41) is 0. The number of imidazole rings is 1. The molecule has 2 aromatic carbocycles. The molecule has 1 heterocycles. The van der Waals surface area contributed by atoms with Crippen molar-refractivity contribution in [2.75, 3.05) is 0 Å². The molecule has 16 heavy (non-hydrogen) atoms. The van der Waals surface area contributed by atoms with Crippen molar-refractivity contribution >= 4 is 11.0 Å². The molecule has 1 aromatic heterocycles. The van der Waals surface area contributed by atoms with E-state index in [0.717, 1.165) is 11.0 Å². The SMILES string of the molecule is Cc1ccccc1.c1ccc2[nH]cnc2c1. The smallest absolute Gasteiger partial charge is 0.0931 e. The number of nitrogens with zero attached hydrogens (tertiary/aromatic N) is 1. The lowest BCUT2D eigenvalue weighted by atomic mass is 10.2. The van der Waals surface area contributed by atoms with Gasteiger partial charge in [0, 0.05) is 0 Å². The normalized spacial score (nSPS) is 9.56. The Morgan fingerprint density at radius 2 is 1.56 bits per heavy atom. The lowest BCUT2D eigenvalue weighted by Gasteiger charge is -1.82. The van der Waals surface area contributed by atoms with E-state index < -0.39 is 0 Å². The maximum Gasteiger partial charge on any atom is 0.0931 e. The third-order valence-electron chi connectivity index (χ3n) is 2.27. The molecule has 0 saturated heterocycles. The Kier molecular flexibility index (Phi) is 3.34. The van der Waals surface area contributed by atoms with Crippen LogP contribution in [-0.4, -0.2) is 9.97 Å². The Balaban J connectivity index is 0.000000125. The number of hydrogen-bond acceptors (Lipinski definition) is 1. The molecule has 3 rings (SSSR count). The van der Waals surface area contributed by atoms with E-state index in [4.69, 9.17) is 0 Å². The van der Waals surface area contributed by atoms with E-state index >= 15 is 0 Å². The summed E-state index contributed by atoms with van der Waals surface area (Å²) in [6.45, 7) is 2.08. The number of aryl methyl sites for hydroxylation is 1. The van der Waals surface area contributed by atoms with Gasteiger partial charge in [0.25, 0.3) is 0 Å². The molecule has 0 atom stereocenters. The number of aromatic nitrogens is 2. The molecule has 0 spiro atoms. The Morgan fingerprint density at radius 1 is 0.875 bits per heavy atom. The minimum absolute atomic E-state index is 1.03. The lowest BCUT2D eigenvalue weighted by molar-refractivity contribution is 1.34. The van der Waals surface area contributed by atoms with Crippen molar-refractivity contribution in [1.29, 1.82) is 0 Å². The number of benzene rings is 2. The van der Waals surface area contributed by atoms with Gasteiger partial charge in [-0.3, -0.25) is 0 Å². The van der Waals surface area contributed by atoms with Gasteiger partial charge in [-0.05, 0) is 19.1 Å². The highest BCUT2D eigenvalue weighted by Crippen LogP contribution is 2.05. The van der Waals surface area contributed by atoms with Gasteiger partial charge in [-0.25, -0.2) is 4.98 Å². The van der Waals surface area contributed by atoms with Crippen LogP contribution in [0, 0.1) is 6.92 Å². The third kappa shape index (κ3) is 2.70. The highest BCUT2D eigenvalue weighted by molar-refractivity contribution is 5.73. The summed E-state index contributed by atoms with van der Waals surface area (Å²) in [7, 11) is 0. The largest absolute Gasteiger partial charge is 0.345 e. The summed E-state index contributed by atoms with van der Waals surface area (Å²) in [6.07, 6.45) is 1.70. The fraction of sp³-hybridized carbons (Fsp3) is 0.0714. The molecular weight excluding hydrogens is 196 g/mol. The van der Waals surface area contributed by atoms with Crippen molar-refractivity contribution in [3.05, 3.63) is 66.5 Å². The van der Waals surface area contributed by atoms with Gasteiger partial charge in [-0.15, -0.1) is 0 Å². The molecule has 0 radical (unpaired) electrons. The maximum absolute atomic E-state index is 4.06. The number of aromatic amines is 1. The molecule has 0 amide bonds. The fourth-order valence-corrected chi connectivity index (χ4v) is 1.41. The van der Waals surface area contributed by atoms with Gasteiger partial charge in [0.15, 0.2) is 0 Å². The van der Waals surface area contributed by atoms with Crippen LogP contribution in [0.3, 0.4) is 0 Å². The van der Waals surface area contributed by atoms with E-state index in [1.54, 1.807) is 6.33 Å². The average molecular weight is 210 g/mol. The van der Waals surface area contributed by atoms with Gasteiger partial charge < -0.3 is 4.98 Å². The number of rotatable bonds is 0. The van der Waals surface area contributed by atoms with Crippen LogP contribution in [-0.2, 0) is 0 Å². The van der Waals surface area contributed by atoms with E-state index in [2.05, 4.69) is 29.0 Å². The number of nitrogens with one attached hydrogen (secondary N) is 1. The summed E-state index contributed by atoms with van der Waals surface area (Å²) in [5.41, 5.74) is 3.44. The number of hydrogen-bond donors (Lipinski definition) is 1. The number of H-pyrrole nitrogens is 1. The molecule has 0 aliphatic rings. The quantitative estimate of drug-likeness (QED) is 0.604. The number of para-hydroxylation sites is 2. The molecule has 0 fully saturated rings. The van der Waals surface area contributed by atoms with Crippen molar-refractivity contribution in [3.63, 3.8) is 0 Å². The Labute approximate surface area is 95.0 Å². The van der Waals surface area contributed by atoms with Crippen LogP contribution in [0.5, 0.6) is 0 Å². The first-order chi connectivity index (χ1) is 7.86. The van der Waals surface area contributed by atoms with Gasteiger partial charge >= 0.3 is 0 Å². The van der Waals surface area contributed by atoms with Gasteiger partial charge in [0.2, 0.25) is 0 Å². The first kappa shape index (κ1) is 10.4. The highest BCUT2D eigenvalue weighted by atomic mass is 14.9. The van der Waals surface area contributed by atoms with Gasteiger partial charge in [0.05, 0.1) is 17.4 Å². The molecule has 0 saturated carbocycles. The monoisotopic (exact) mass is 210 g/mol. The van der Waals surface area contributed by atoms with Crippen LogP contribution >= 0.6 is 0 Å². The molecule has 0 unspecified atom stereocenters. The maximum atomic E-state index is 4.06. The predicted molar refractivity (Wildman–Crippen MR) is 67.3 cm³/mol. The summed E-state index contributed by atoms with van der Waals surface area (Å²) >= 11 is 0. The van der Waals surface area contributed by atoms with E-state index in [0.29, 0.717) is 0 Å². The third-order valence-corrected chi connectivity index (χ3v) is 2.27. The summed E-state index contributed by atoms with van der Waals surface area (Å²) in [6, 6.07) is 18.2. The number of fused-ring (bicyclic) bond motifs is 1. The van der Waals surface area contributed by atoms with E-state index in [1.165, 1.54) is 5.56 Å². The van der Waals surface area contributed by atoms with Crippen molar-refractivity contribution in [2.45, 2.75) is 6.92 Å². The van der Waals surface area contributed by atoms with Crippen molar-refractivity contribution < 1.29 is 0 Å². The summed E-state index contributed by atoms with van der Waals surface area (Å²) < 4.78 is 0. The van der Waals surface area contributed by atoms with Gasteiger partial charge in [-0.1, -0.05) is 48.0 Å². The fourth-order valence-electron chi connectivity index (χ4n) is 1.41. The van der Waals surface area contributed by atoms with Crippen molar-refractivity contribution in [1.82, 2.24) is 9.97 Å². The second-order valence-electron chi connectivity index (χ2n) is 3.57. The molecule has 0 bridgehead atoms. The molecule has 2 nitrogen and oxygen atoms in total. The lowest BCUT2D eigenvalue weighted by Crippen LogP contribution is -1.63. The molecule has 80 valence electrons. The second kappa shape index (κ2) is 5.12. The van der Waals surface area contributed by atoms with Crippen LogP contribution in [0.25, 0.3) is 11.0 Å². The van der Waals surface area contributed by atoms with E-state index in [9.17, 15) is 0 Å². The average Bonchev–Trinajstić information content (AvgIpc) is 2.79. The first-order valence-electron chi connectivity index (χ1n) is 5.26. The van der Waals surface area contributed by atoms with E-state index in [1.807, 2.05) is 42.5 Å². The standard InChI is InChI=1S/C7H6N2.C7H8/c1-2-4-7-6(3-1)8-5-9-7;1-7-5-3-2-4-6-7/h1-5H,(H,8,9);2-6H,1H3. The zero-order valence-electron chi connectivity index (χ0n) is 9.22. The van der Waals surface area contributed by atoms with Crippen LogP contribution < -0.4 is 0 Å². The zero-order valence-corrected chi connectivity index (χ0v) is 9.22. The molecule has 0 aliphatic heterocycles. The first-order valence-corrected chi connectivity index (χ1v) is 5.26. The van der Waals surface area contributed by atoms with Gasteiger partial charge in [-0.2, -0.15) is 0 Å². The molecule has 1 N–H and O–H groups in total. The topological polar surface area (TPSA) is 28.7 Å². The zero-order chi connectivity index (χ0) is 11.2. The molecule has 0 aliphatic carbocycles. The predicted octanol–water partition coefficient (Wildman–Crippen LogP) is 3.56. The highest BCUT2D eigenvalue weighted by Gasteiger charge is 1.88. The Morgan fingerprint density at radius 3 is 2.19 bits per heavy atom. The van der Waals surface area contributed by atoms with Crippen LogP contribution in [0.15, 0.2) is 60.9 Å². The van der Waals surface area contributed by atoms with Gasteiger partial charge in [0.1, 0.15) is 0 Å². The van der Waals surface area contributed by atoms with Crippen molar-refractivity contribution in [3.8, 4) is 0 Å². The summed E-state index contributed by atoms with van der Waals surface area (Å²) in [5.74, 6) is 0. The van der Waals surface area contributed by atoms with Crippen LogP contribution in [0.4, 0.5) is 0 Å². The molecule has 3 aromatic rings. The van der Waals surface area contributed by atoms with E-state index in [-0.39, 0.29) is 0 Å². The second-order valence-corrected chi connectivity index (χ2v) is 3.57. The van der Waals surface area contributed by atoms with Crippen molar-refractivity contribution in [2.24, 2.45) is 0 Å². The van der Waals surface area contributed by atoms with Crippen LogP contribution in [0.2, 0.25) is 0 Å². The minimum Gasteiger partial charge on any atom is -0.345 e. The Hall–Kier alpha value is -2.09. The molecule has 2 heteroatoms. The Bertz CT molecular complexity index is 510. The molecular formula is C14H14N2.